The molecule has 2 amide bonds. The molecule has 236 valence electrons. The summed E-state index contributed by atoms with van der Waals surface area (Å²) in [6.07, 6.45) is 0.929. The quantitative estimate of drug-likeness (QED) is 0.167. The number of anilines is 1. The monoisotopic (exact) mass is 665 g/mol. The van der Waals surface area contributed by atoms with E-state index in [2.05, 4.69) is 5.32 Å². The van der Waals surface area contributed by atoms with Crippen LogP contribution in [-0.2, 0) is 32.6 Å². The molecular formula is C35H37Cl2N3O4S. The summed E-state index contributed by atoms with van der Waals surface area (Å²) in [6.45, 7) is 5.56. The Kier molecular flexibility index (Phi) is 11.7. The van der Waals surface area contributed by atoms with E-state index in [1.165, 1.54) is 17.0 Å². The van der Waals surface area contributed by atoms with Crippen LogP contribution in [0.1, 0.15) is 35.6 Å². The number of carbonyl (C=O) groups excluding carboxylic acids is 2. The molecule has 4 aromatic carbocycles. The number of sulfonamides is 1. The van der Waals surface area contributed by atoms with Crippen molar-refractivity contribution < 1.29 is 18.0 Å². The van der Waals surface area contributed by atoms with Crippen LogP contribution in [0.3, 0.4) is 0 Å². The van der Waals surface area contributed by atoms with Crippen LogP contribution in [0.2, 0.25) is 10.0 Å². The lowest BCUT2D eigenvalue weighted by atomic mass is 10.0. The Balaban J connectivity index is 1.82. The second-order valence-electron chi connectivity index (χ2n) is 10.9. The van der Waals surface area contributed by atoms with Gasteiger partial charge >= 0.3 is 0 Å². The summed E-state index contributed by atoms with van der Waals surface area (Å²) in [5.41, 5.74) is 3.52. The van der Waals surface area contributed by atoms with Gasteiger partial charge in [-0.15, -0.1) is 0 Å². The van der Waals surface area contributed by atoms with E-state index in [1.54, 1.807) is 42.5 Å². The van der Waals surface area contributed by atoms with Crippen molar-refractivity contribution in [3.05, 3.63) is 129 Å². The zero-order valence-electron chi connectivity index (χ0n) is 25.5. The fourth-order valence-electron chi connectivity index (χ4n) is 5.07. The second kappa shape index (κ2) is 15.4. The highest BCUT2D eigenvalue weighted by atomic mass is 35.5. The predicted octanol–water partition coefficient (Wildman–Crippen LogP) is 6.97. The number of aryl methyl sites for hydroxylation is 2. The average Bonchev–Trinajstić information content (AvgIpc) is 3.03. The fraction of sp³-hybridized carbons (Fsp3) is 0.257. The molecule has 0 aliphatic carbocycles. The summed E-state index contributed by atoms with van der Waals surface area (Å²) in [4.78, 5) is 29.8. The molecule has 0 heterocycles. The Labute approximate surface area is 275 Å². The van der Waals surface area contributed by atoms with Crippen LogP contribution in [0.25, 0.3) is 0 Å². The maximum Gasteiger partial charge on any atom is 0.264 e. The number of rotatable bonds is 13. The Hall–Kier alpha value is -3.85. The Morgan fingerprint density at radius 3 is 2.11 bits per heavy atom. The van der Waals surface area contributed by atoms with Crippen molar-refractivity contribution in [3.63, 3.8) is 0 Å². The van der Waals surface area contributed by atoms with E-state index in [1.807, 2.05) is 63.2 Å². The van der Waals surface area contributed by atoms with Gasteiger partial charge in [0.2, 0.25) is 11.8 Å². The van der Waals surface area contributed by atoms with Crippen molar-refractivity contribution in [2.45, 2.75) is 51.1 Å². The highest BCUT2D eigenvalue weighted by Crippen LogP contribution is 2.29. The molecule has 4 rings (SSSR count). The van der Waals surface area contributed by atoms with E-state index in [9.17, 15) is 18.0 Å². The van der Waals surface area contributed by atoms with Crippen molar-refractivity contribution in [2.24, 2.45) is 0 Å². The number of nitrogens with zero attached hydrogens (tertiary/aromatic N) is 2. The van der Waals surface area contributed by atoms with Gasteiger partial charge in [-0.05, 0) is 67.3 Å². The van der Waals surface area contributed by atoms with Gasteiger partial charge in [0.25, 0.3) is 10.0 Å². The molecular weight excluding hydrogens is 629 g/mol. The molecule has 1 unspecified atom stereocenters. The summed E-state index contributed by atoms with van der Waals surface area (Å²) in [5.74, 6) is -0.883. The molecule has 0 fully saturated rings. The van der Waals surface area contributed by atoms with Crippen LogP contribution >= 0.6 is 23.2 Å². The number of halogens is 2. The van der Waals surface area contributed by atoms with Crippen LogP contribution in [0.15, 0.2) is 102 Å². The van der Waals surface area contributed by atoms with Crippen molar-refractivity contribution in [3.8, 4) is 0 Å². The summed E-state index contributed by atoms with van der Waals surface area (Å²) in [6, 6.07) is 26.9. The first-order chi connectivity index (χ1) is 21.5. The van der Waals surface area contributed by atoms with Gasteiger partial charge in [0.15, 0.2) is 0 Å². The van der Waals surface area contributed by atoms with Gasteiger partial charge in [0.1, 0.15) is 12.6 Å². The van der Waals surface area contributed by atoms with E-state index in [0.29, 0.717) is 39.8 Å². The molecule has 0 bridgehead atoms. The minimum absolute atomic E-state index is 0.00112. The van der Waals surface area contributed by atoms with Crippen molar-refractivity contribution in [2.75, 3.05) is 17.4 Å². The first-order valence-electron chi connectivity index (χ1n) is 14.7. The van der Waals surface area contributed by atoms with E-state index in [-0.39, 0.29) is 23.8 Å². The minimum Gasteiger partial charge on any atom is -0.354 e. The number of benzene rings is 4. The number of nitrogens with one attached hydrogen (secondary N) is 1. The topological polar surface area (TPSA) is 86.8 Å². The third kappa shape index (κ3) is 8.66. The SMILES string of the molecule is CCCNC(=O)C(Cc1ccccc1)N(Cc1ccc(Cl)c(Cl)c1)C(=O)CN(c1ccc(C)cc1C)S(=O)(=O)c1ccccc1. The van der Waals surface area contributed by atoms with E-state index >= 15 is 0 Å². The van der Waals surface area contributed by atoms with Crippen LogP contribution < -0.4 is 9.62 Å². The molecule has 0 aromatic heterocycles. The van der Waals surface area contributed by atoms with Crippen molar-refractivity contribution >= 4 is 50.7 Å². The molecule has 45 heavy (non-hydrogen) atoms. The molecule has 10 heteroatoms. The smallest absolute Gasteiger partial charge is 0.264 e. The third-order valence-electron chi connectivity index (χ3n) is 7.39. The molecule has 0 aliphatic rings. The van der Waals surface area contributed by atoms with Crippen LogP contribution in [0.4, 0.5) is 5.69 Å². The van der Waals surface area contributed by atoms with Gasteiger partial charge in [0, 0.05) is 19.5 Å². The number of hydrogen-bond donors (Lipinski definition) is 1. The molecule has 7 nitrogen and oxygen atoms in total. The Morgan fingerprint density at radius 2 is 1.49 bits per heavy atom. The zero-order chi connectivity index (χ0) is 32.6. The molecule has 0 spiro atoms. The number of hydrogen-bond acceptors (Lipinski definition) is 4. The van der Waals surface area contributed by atoms with Crippen molar-refractivity contribution in [1.82, 2.24) is 10.2 Å². The van der Waals surface area contributed by atoms with Crippen LogP contribution in [0, 0.1) is 13.8 Å². The molecule has 0 saturated heterocycles. The molecule has 4 aromatic rings. The van der Waals surface area contributed by atoms with Gasteiger partial charge in [-0.25, -0.2) is 8.42 Å². The Bertz CT molecular complexity index is 1730. The summed E-state index contributed by atoms with van der Waals surface area (Å²) >= 11 is 12.5. The summed E-state index contributed by atoms with van der Waals surface area (Å²) in [5, 5.41) is 3.60. The standard InChI is InChI=1S/C35H37Cl2N3O4S/c1-4-19-38-35(42)33(22-27-11-7-5-8-12-27)39(23-28-16-17-30(36)31(37)21-28)34(41)24-40(32-18-15-25(2)20-26(32)3)45(43,44)29-13-9-6-10-14-29/h5-18,20-21,33H,4,19,22-24H2,1-3H3,(H,38,42). The highest BCUT2D eigenvalue weighted by molar-refractivity contribution is 7.92. The summed E-state index contributed by atoms with van der Waals surface area (Å²) in [7, 11) is -4.18. The maximum atomic E-state index is 14.5. The predicted molar refractivity (Wildman–Crippen MR) is 181 cm³/mol. The highest BCUT2D eigenvalue weighted by Gasteiger charge is 2.35. The van der Waals surface area contributed by atoms with E-state index in [0.717, 1.165) is 15.4 Å². The fourth-order valence-corrected chi connectivity index (χ4v) is 6.89. The molecule has 1 atom stereocenters. The van der Waals surface area contributed by atoms with Gasteiger partial charge in [0.05, 0.1) is 20.6 Å². The van der Waals surface area contributed by atoms with E-state index < -0.39 is 28.5 Å². The molecule has 0 aliphatic heterocycles. The first-order valence-corrected chi connectivity index (χ1v) is 16.9. The van der Waals surface area contributed by atoms with Crippen LogP contribution in [-0.4, -0.2) is 44.3 Å². The lowest BCUT2D eigenvalue weighted by molar-refractivity contribution is -0.140. The van der Waals surface area contributed by atoms with Gasteiger partial charge in [-0.3, -0.25) is 13.9 Å². The average molecular weight is 667 g/mol. The maximum absolute atomic E-state index is 14.5. The normalized spacial score (nSPS) is 11.9. The lowest BCUT2D eigenvalue weighted by Gasteiger charge is -2.34. The first kappa shape index (κ1) is 34.0. The molecule has 1 N–H and O–H groups in total. The molecule has 0 radical (unpaired) electrons. The lowest BCUT2D eigenvalue weighted by Crippen LogP contribution is -2.53. The van der Waals surface area contributed by atoms with Gasteiger partial charge < -0.3 is 10.2 Å². The zero-order valence-corrected chi connectivity index (χ0v) is 27.9. The van der Waals surface area contributed by atoms with E-state index in [4.69, 9.17) is 23.2 Å². The van der Waals surface area contributed by atoms with Gasteiger partial charge in [-0.1, -0.05) is 102 Å². The number of carbonyl (C=O) groups is 2. The Morgan fingerprint density at radius 1 is 0.822 bits per heavy atom. The van der Waals surface area contributed by atoms with Gasteiger partial charge in [-0.2, -0.15) is 0 Å². The van der Waals surface area contributed by atoms with Crippen molar-refractivity contribution in [1.29, 1.82) is 0 Å². The molecule has 0 saturated carbocycles. The second-order valence-corrected chi connectivity index (χ2v) is 13.6. The van der Waals surface area contributed by atoms with Crippen LogP contribution in [0.5, 0.6) is 0 Å². The minimum atomic E-state index is -4.18. The number of amides is 2. The largest absolute Gasteiger partial charge is 0.354 e. The third-order valence-corrected chi connectivity index (χ3v) is 9.90. The summed E-state index contributed by atoms with van der Waals surface area (Å²) < 4.78 is 29.4.